The number of ether oxygens (including phenoxy) is 3. The molecule has 3 aromatic rings. The average Bonchev–Trinajstić information content (AvgIpc) is 2.90. The van der Waals surface area contributed by atoms with Crippen molar-refractivity contribution in [3.8, 4) is 17.2 Å². The molecule has 4 rings (SSSR count). The Morgan fingerprint density at radius 3 is 2.46 bits per heavy atom. The van der Waals surface area contributed by atoms with Crippen LogP contribution in [-0.4, -0.2) is 41.2 Å². The molecule has 0 spiro atoms. The van der Waals surface area contributed by atoms with E-state index in [0.29, 0.717) is 17.2 Å². The smallest absolute Gasteiger partial charge is 0.264 e. The van der Waals surface area contributed by atoms with Crippen LogP contribution in [0, 0.1) is 6.92 Å². The van der Waals surface area contributed by atoms with Gasteiger partial charge in [0.25, 0.3) is 15.9 Å². The topological polar surface area (TPSA) is 94.2 Å². The number of nitrogens with zero attached hydrogens (tertiary/aromatic N) is 1. The molecule has 0 fully saturated rings. The standard InChI is InChI=1S/C27H29ClN2O6S/c1-5-22(18-6-12-24(35-4)17(2)14-18)29-27(31)26-16-30(23-15-19(28)7-13-25(23)36-26)37(32,33)21-10-8-20(34-3)9-11-21/h6-15,22,26H,5,16H2,1-4H3,(H,29,31). The maximum atomic E-state index is 13.7. The Hall–Kier alpha value is -3.43. The van der Waals surface area contributed by atoms with Crippen LogP contribution in [0.2, 0.25) is 5.02 Å². The van der Waals surface area contributed by atoms with Gasteiger partial charge in [-0.3, -0.25) is 9.10 Å². The number of halogens is 1. The van der Waals surface area contributed by atoms with Gasteiger partial charge in [-0.1, -0.05) is 30.7 Å². The van der Waals surface area contributed by atoms with Crippen molar-refractivity contribution in [3.63, 3.8) is 0 Å². The highest BCUT2D eigenvalue weighted by Gasteiger charge is 2.38. The molecule has 0 saturated heterocycles. The molecule has 0 saturated carbocycles. The minimum atomic E-state index is -4.04. The molecule has 0 aromatic heterocycles. The number of benzene rings is 3. The average molecular weight is 545 g/mol. The third kappa shape index (κ3) is 5.47. The Morgan fingerprint density at radius 1 is 1.11 bits per heavy atom. The summed E-state index contributed by atoms with van der Waals surface area (Å²) >= 11 is 6.18. The van der Waals surface area contributed by atoms with Crippen LogP contribution in [0.5, 0.6) is 17.2 Å². The zero-order valence-corrected chi connectivity index (χ0v) is 22.6. The predicted octanol–water partition coefficient (Wildman–Crippen LogP) is 4.89. The van der Waals surface area contributed by atoms with E-state index >= 15 is 0 Å². The van der Waals surface area contributed by atoms with E-state index in [1.54, 1.807) is 31.4 Å². The van der Waals surface area contributed by atoms with Crippen LogP contribution in [0.25, 0.3) is 0 Å². The molecule has 2 unspecified atom stereocenters. The molecule has 0 radical (unpaired) electrons. The van der Waals surface area contributed by atoms with Gasteiger partial charge < -0.3 is 19.5 Å². The highest BCUT2D eigenvalue weighted by Crippen LogP contribution is 2.39. The normalized spacial score (nSPS) is 15.8. The van der Waals surface area contributed by atoms with Crippen molar-refractivity contribution >= 4 is 33.2 Å². The number of aryl methyl sites for hydroxylation is 1. The summed E-state index contributed by atoms with van der Waals surface area (Å²) < 4.78 is 45.0. The van der Waals surface area contributed by atoms with Crippen LogP contribution >= 0.6 is 11.6 Å². The van der Waals surface area contributed by atoms with Gasteiger partial charge in [-0.15, -0.1) is 0 Å². The molecule has 1 aliphatic heterocycles. The van der Waals surface area contributed by atoms with Crippen molar-refractivity contribution in [3.05, 3.63) is 76.8 Å². The largest absolute Gasteiger partial charge is 0.497 e. The molecule has 0 aliphatic carbocycles. The van der Waals surface area contributed by atoms with Gasteiger partial charge in [0.15, 0.2) is 6.10 Å². The summed E-state index contributed by atoms with van der Waals surface area (Å²) in [7, 11) is -0.925. The lowest BCUT2D eigenvalue weighted by molar-refractivity contribution is -0.128. The monoisotopic (exact) mass is 544 g/mol. The lowest BCUT2D eigenvalue weighted by Crippen LogP contribution is -2.51. The van der Waals surface area contributed by atoms with E-state index in [0.717, 1.165) is 16.9 Å². The molecule has 8 nitrogen and oxygen atoms in total. The van der Waals surface area contributed by atoms with E-state index in [2.05, 4.69) is 5.32 Å². The molecule has 37 heavy (non-hydrogen) atoms. The Balaban J connectivity index is 1.64. The van der Waals surface area contributed by atoms with Gasteiger partial charge in [-0.2, -0.15) is 0 Å². The summed E-state index contributed by atoms with van der Waals surface area (Å²) in [6.45, 7) is 3.68. The first-order chi connectivity index (χ1) is 17.7. The number of rotatable bonds is 8. The Labute approximate surface area is 222 Å². The highest BCUT2D eigenvalue weighted by atomic mass is 35.5. The van der Waals surface area contributed by atoms with Crippen LogP contribution < -0.4 is 23.8 Å². The van der Waals surface area contributed by atoms with Crippen molar-refractivity contribution in [2.45, 2.75) is 37.3 Å². The second-order valence-corrected chi connectivity index (χ2v) is 10.9. The number of nitrogens with one attached hydrogen (secondary N) is 1. The summed E-state index contributed by atoms with van der Waals surface area (Å²) in [5.41, 5.74) is 2.13. The van der Waals surface area contributed by atoms with E-state index < -0.39 is 22.0 Å². The zero-order chi connectivity index (χ0) is 26.7. The number of sulfonamides is 1. The number of carbonyl (C=O) groups is 1. The maximum absolute atomic E-state index is 13.7. The van der Waals surface area contributed by atoms with Gasteiger partial charge in [-0.05, 0) is 73.0 Å². The van der Waals surface area contributed by atoms with Crippen LogP contribution in [-0.2, 0) is 14.8 Å². The first-order valence-corrected chi connectivity index (χ1v) is 13.6. The van der Waals surface area contributed by atoms with Crippen molar-refractivity contribution in [2.75, 3.05) is 25.1 Å². The fourth-order valence-electron chi connectivity index (χ4n) is 4.27. The van der Waals surface area contributed by atoms with Crippen LogP contribution in [0.4, 0.5) is 5.69 Å². The fourth-order valence-corrected chi connectivity index (χ4v) is 5.90. The molecule has 1 aliphatic rings. The molecular weight excluding hydrogens is 516 g/mol. The minimum absolute atomic E-state index is 0.0560. The van der Waals surface area contributed by atoms with Crippen molar-refractivity contribution < 1.29 is 27.4 Å². The van der Waals surface area contributed by atoms with Crippen LogP contribution in [0.1, 0.15) is 30.5 Å². The first-order valence-electron chi connectivity index (χ1n) is 11.8. The lowest BCUT2D eigenvalue weighted by atomic mass is 10.0. The molecule has 1 heterocycles. The third-order valence-electron chi connectivity index (χ3n) is 6.28. The lowest BCUT2D eigenvalue weighted by Gasteiger charge is -2.35. The molecule has 1 N–H and O–H groups in total. The number of carbonyl (C=O) groups excluding carboxylic acids is 1. The van der Waals surface area contributed by atoms with Crippen molar-refractivity contribution in [2.24, 2.45) is 0 Å². The first kappa shape index (κ1) is 26.6. The fraction of sp³-hybridized carbons (Fsp3) is 0.296. The van der Waals surface area contributed by atoms with Crippen LogP contribution in [0.15, 0.2) is 65.6 Å². The van der Waals surface area contributed by atoms with E-state index in [1.165, 1.54) is 29.6 Å². The second-order valence-electron chi connectivity index (χ2n) is 8.63. The molecule has 2 atom stereocenters. The zero-order valence-electron chi connectivity index (χ0n) is 21.0. The van der Waals surface area contributed by atoms with Gasteiger partial charge in [0, 0.05) is 5.02 Å². The quantitative estimate of drug-likeness (QED) is 0.434. The Bertz CT molecular complexity index is 1390. The van der Waals surface area contributed by atoms with Gasteiger partial charge in [0.1, 0.15) is 17.2 Å². The molecule has 10 heteroatoms. The number of hydrogen-bond acceptors (Lipinski definition) is 6. The number of amides is 1. The van der Waals surface area contributed by atoms with Crippen LogP contribution in [0.3, 0.4) is 0 Å². The van der Waals surface area contributed by atoms with Crippen molar-refractivity contribution in [1.82, 2.24) is 5.32 Å². The molecule has 196 valence electrons. The van der Waals surface area contributed by atoms with Gasteiger partial charge in [0.2, 0.25) is 0 Å². The highest BCUT2D eigenvalue weighted by molar-refractivity contribution is 7.92. The number of anilines is 1. The number of methoxy groups -OCH3 is 2. The summed E-state index contributed by atoms with van der Waals surface area (Å²) in [6, 6.07) is 16.2. The summed E-state index contributed by atoms with van der Waals surface area (Å²) in [5, 5.41) is 3.37. The van der Waals surface area contributed by atoms with Crippen molar-refractivity contribution in [1.29, 1.82) is 0 Å². The molecule has 0 bridgehead atoms. The summed E-state index contributed by atoms with van der Waals surface area (Å²) in [6.07, 6.45) is -0.445. The Kier molecular flexibility index (Phi) is 7.85. The third-order valence-corrected chi connectivity index (χ3v) is 8.31. The maximum Gasteiger partial charge on any atom is 0.264 e. The molecule has 1 amide bonds. The Morgan fingerprint density at radius 2 is 1.84 bits per heavy atom. The minimum Gasteiger partial charge on any atom is -0.497 e. The van der Waals surface area contributed by atoms with Gasteiger partial charge in [-0.25, -0.2) is 8.42 Å². The summed E-state index contributed by atoms with van der Waals surface area (Å²) in [4.78, 5) is 13.4. The summed E-state index contributed by atoms with van der Waals surface area (Å²) in [5.74, 6) is 1.12. The number of hydrogen-bond donors (Lipinski definition) is 1. The van der Waals surface area contributed by atoms with E-state index in [9.17, 15) is 13.2 Å². The van der Waals surface area contributed by atoms with Gasteiger partial charge in [0.05, 0.1) is 37.4 Å². The SMILES string of the molecule is CCC(NC(=O)C1CN(S(=O)(=O)c2ccc(OC)cc2)c2cc(Cl)ccc2O1)c1ccc(OC)c(C)c1. The number of fused-ring (bicyclic) bond motifs is 1. The van der Waals surface area contributed by atoms with E-state index in [4.69, 9.17) is 25.8 Å². The second kappa shape index (κ2) is 10.9. The van der Waals surface area contributed by atoms with E-state index in [1.807, 2.05) is 32.0 Å². The molecule has 3 aromatic carbocycles. The predicted molar refractivity (Wildman–Crippen MR) is 142 cm³/mol. The van der Waals surface area contributed by atoms with Gasteiger partial charge >= 0.3 is 0 Å². The van der Waals surface area contributed by atoms with E-state index in [-0.39, 0.29) is 28.9 Å². The molecular formula is C27H29ClN2O6S.